The third-order valence-corrected chi connectivity index (χ3v) is 4.85. The van der Waals surface area contributed by atoms with Crippen LogP contribution in [0, 0.1) is 0 Å². The Bertz CT molecular complexity index is 933. The number of carbonyl (C=O) groups is 3. The number of rotatable bonds is 7. The quantitative estimate of drug-likeness (QED) is 0.371. The molecule has 3 amide bonds. The maximum absolute atomic E-state index is 12.0. The Morgan fingerprint density at radius 2 is 1.81 bits per heavy atom. The van der Waals surface area contributed by atoms with Gasteiger partial charge in [-0.15, -0.1) is 11.3 Å². The first-order valence-electron chi connectivity index (χ1n) is 8.58. The molecule has 140 valence electrons. The first kappa shape index (κ1) is 18.7. The van der Waals surface area contributed by atoms with Gasteiger partial charge in [0.15, 0.2) is 0 Å². The monoisotopic (exact) mass is 384 g/mol. The predicted octanol–water partition coefficient (Wildman–Crippen LogP) is 2.13. The minimum Gasteiger partial charge on any atom is -0.361 e. The van der Waals surface area contributed by atoms with Crippen molar-refractivity contribution < 1.29 is 14.4 Å². The number of thiophene rings is 1. The number of para-hydroxylation sites is 1. The Kier molecular flexibility index (Phi) is 6.22. The highest BCUT2D eigenvalue weighted by atomic mass is 32.1. The number of fused-ring (bicyclic) bond motifs is 1. The zero-order chi connectivity index (χ0) is 19.1. The Morgan fingerprint density at radius 3 is 2.63 bits per heavy atom. The SMILES string of the molecule is O=C(CCCNC(=O)c1cccs1)NNC(=O)Cc1c[nH]c2ccccc12. The summed E-state index contributed by atoms with van der Waals surface area (Å²) in [6.07, 6.45) is 2.66. The molecule has 2 aromatic heterocycles. The zero-order valence-corrected chi connectivity index (χ0v) is 15.4. The van der Waals surface area contributed by atoms with Gasteiger partial charge in [0.25, 0.3) is 5.91 Å². The molecule has 4 N–H and O–H groups in total. The fourth-order valence-electron chi connectivity index (χ4n) is 2.64. The molecule has 8 heteroatoms. The molecule has 0 radical (unpaired) electrons. The molecular formula is C19H20N4O3S. The van der Waals surface area contributed by atoms with Crippen LogP contribution >= 0.6 is 11.3 Å². The van der Waals surface area contributed by atoms with E-state index >= 15 is 0 Å². The molecule has 3 aromatic rings. The van der Waals surface area contributed by atoms with Crippen LogP contribution in [0.15, 0.2) is 48.0 Å². The number of hydrazine groups is 1. The van der Waals surface area contributed by atoms with Crippen LogP contribution in [0.5, 0.6) is 0 Å². The van der Waals surface area contributed by atoms with Gasteiger partial charge in [0.2, 0.25) is 11.8 Å². The molecule has 0 aliphatic rings. The number of carbonyl (C=O) groups excluding carboxylic acids is 3. The van der Waals surface area contributed by atoms with Crippen LogP contribution in [0.3, 0.4) is 0 Å². The summed E-state index contributed by atoms with van der Waals surface area (Å²) < 4.78 is 0. The van der Waals surface area contributed by atoms with Gasteiger partial charge in [-0.2, -0.15) is 0 Å². The van der Waals surface area contributed by atoms with E-state index < -0.39 is 0 Å². The van der Waals surface area contributed by atoms with Crippen molar-refractivity contribution >= 4 is 40.0 Å². The molecule has 3 rings (SSSR count). The molecule has 0 aliphatic heterocycles. The highest BCUT2D eigenvalue weighted by Crippen LogP contribution is 2.17. The summed E-state index contributed by atoms with van der Waals surface area (Å²) in [6, 6.07) is 11.3. The maximum Gasteiger partial charge on any atom is 0.261 e. The lowest BCUT2D eigenvalue weighted by Crippen LogP contribution is -2.42. The normalized spacial score (nSPS) is 10.5. The lowest BCUT2D eigenvalue weighted by Gasteiger charge is -2.07. The summed E-state index contributed by atoms with van der Waals surface area (Å²) in [7, 11) is 0. The standard InChI is InChI=1S/C19H20N4O3S/c24-17(8-3-9-20-19(26)16-7-4-10-27-16)22-23-18(25)11-13-12-21-15-6-2-1-5-14(13)15/h1-2,4-7,10,12,21H,3,8-9,11H2,(H,20,26)(H,22,24)(H,23,25). The average Bonchev–Trinajstić information content (AvgIpc) is 3.34. The number of aromatic amines is 1. The molecule has 0 unspecified atom stereocenters. The van der Waals surface area contributed by atoms with Crippen molar-refractivity contribution in [3.8, 4) is 0 Å². The van der Waals surface area contributed by atoms with E-state index in [2.05, 4.69) is 21.2 Å². The second-order valence-electron chi connectivity index (χ2n) is 5.97. The van der Waals surface area contributed by atoms with Gasteiger partial charge in [-0.25, -0.2) is 0 Å². The van der Waals surface area contributed by atoms with Gasteiger partial charge in [0, 0.05) is 30.1 Å². The molecule has 0 saturated heterocycles. The molecule has 0 bridgehead atoms. The molecule has 7 nitrogen and oxygen atoms in total. The first-order chi connectivity index (χ1) is 13.1. The fourth-order valence-corrected chi connectivity index (χ4v) is 3.28. The fraction of sp³-hybridized carbons (Fsp3) is 0.211. The van der Waals surface area contributed by atoms with E-state index in [1.54, 1.807) is 12.3 Å². The zero-order valence-electron chi connectivity index (χ0n) is 14.6. The van der Waals surface area contributed by atoms with E-state index in [4.69, 9.17) is 0 Å². The highest BCUT2D eigenvalue weighted by molar-refractivity contribution is 7.12. The number of hydrogen-bond acceptors (Lipinski definition) is 4. The number of nitrogens with one attached hydrogen (secondary N) is 4. The van der Waals surface area contributed by atoms with E-state index in [9.17, 15) is 14.4 Å². The third kappa shape index (κ3) is 5.18. The number of benzene rings is 1. The van der Waals surface area contributed by atoms with Crippen LogP contribution in [-0.4, -0.2) is 29.3 Å². The minimum atomic E-state index is -0.298. The van der Waals surface area contributed by atoms with Crippen molar-refractivity contribution in [3.63, 3.8) is 0 Å². The summed E-state index contributed by atoms with van der Waals surface area (Å²) in [6.45, 7) is 0.396. The van der Waals surface area contributed by atoms with E-state index in [1.165, 1.54) is 11.3 Å². The summed E-state index contributed by atoms with van der Waals surface area (Å²) in [5.41, 5.74) is 6.65. The molecule has 0 fully saturated rings. The Hall–Kier alpha value is -3.13. The Balaban J connectivity index is 1.34. The van der Waals surface area contributed by atoms with E-state index in [0.717, 1.165) is 16.5 Å². The molecule has 27 heavy (non-hydrogen) atoms. The average molecular weight is 384 g/mol. The van der Waals surface area contributed by atoms with Gasteiger partial charge in [-0.3, -0.25) is 25.2 Å². The van der Waals surface area contributed by atoms with Crippen molar-refractivity contribution in [1.82, 2.24) is 21.2 Å². The number of amides is 3. The second kappa shape index (κ2) is 9.00. The highest BCUT2D eigenvalue weighted by Gasteiger charge is 2.10. The molecule has 0 atom stereocenters. The van der Waals surface area contributed by atoms with Gasteiger partial charge in [-0.1, -0.05) is 24.3 Å². The van der Waals surface area contributed by atoms with Crippen molar-refractivity contribution in [1.29, 1.82) is 0 Å². The Labute approximate surface area is 160 Å². The van der Waals surface area contributed by atoms with E-state index in [0.29, 0.717) is 17.8 Å². The number of H-pyrrole nitrogens is 1. The van der Waals surface area contributed by atoms with Gasteiger partial charge >= 0.3 is 0 Å². The molecule has 0 spiro atoms. The van der Waals surface area contributed by atoms with Crippen molar-refractivity contribution in [2.45, 2.75) is 19.3 Å². The van der Waals surface area contributed by atoms with Crippen molar-refractivity contribution in [3.05, 3.63) is 58.4 Å². The summed E-state index contributed by atoms with van der Waals surface area (Å²) in [5, 5.41) is 5.57. The maximum atomic E-state index is 12.0. The predicted molar refractivity (Wildman–Crippen MR) is 104 cm³/mol. The molecule has 0 aliphatic carbocycles. The smallest absolute Gasteiger partial charge is 0.261 e. The van der Waals surface area contributed by atoms with E-state index in [-0.39, 0.29) is 30.6 Å². The molecule has 1 aromatic carbocycles. The van der Waals surface area contributed by atoms with Gasteiger partial charge in [0.1, 0.15) is 0 Å². The molecular weight excluding hydrogens is 364 g/mol. The van der Waals surface area contributed by atoms with Crippen molar-refractivity contribution in [2.24, 2.45) is 0 Å². The van der Waals surface area contributed by atoms with Crippen LogP contribution < -0.4 is 16.2 Å². The Morgan fingerprint density at radius 1 is 1.00 bits per heavy atom. The summed E-state index contributed by atoms with van der Waals surface area (Å²) in [4.78, 5) is 39.3. The van der Waals surface area contributed by atoms with Crippen LogP contribution in [0.25, 0.3) is 10.9 Å². The summed E-state index contributed by atoms with van der Waals surface area (Å²) in [5.74, 6) is -0.732. The second-order valence-corrected chi connectivity index (χ2v) is 6.92. The van der Waals surface area contributed by atoms with Crippen LogP contribution in [0.1, 0.15) is 28.1 Å². The lowest BCUT2D eigenvalue weighted by atomic mass is 10.1. The molecule has 2 heterocycles. The number of aromatic nitrogens is 1. The third-order valence-electron chi connectivity index (χ3n) is 3.98. The minimum absolute atomic E-state index is 0.141. The van der Waals surface area contributed by atoms with Crippen LogP contribution in [-0.2, 0) is 16.0 Å². The largest absolute Gasteiger partial charge is 0.361 e. The molecule has 0 saturated carbocycles. The van der Waals surface area contributed by atoms with Crippen LogP contribution in [0.4, 0.5) is 0 Å². The van der Waals surface area contributed by atoms with E-state index in [1.807, 2.05) is 35.7 Å². The van der Waals surface area contributed by atoms with Gasteiger partial charge in [0.05, 0.1) is 11.3 Å². The lowest BCUT2D eigenvalue weighted by molar-refractivity contribution is -0.128. The topological polar surface area (TPSA) is 103 Å². The first-order valence-corrected chi connectivity index (χ1v) is 9.46. The summed E-state index contributed by atoms with van der Waals surface area (Å²) >= 11 is 1.37. The van der Waals surface area contributed by atoms with Gasteiger partial charge in [-0.05, 0) is 29.5 Å². The van der Waals surface area contributed by atoms with Gasteiger partial charge < -0.3 is 10.3 Å². The van der Waals surface area contributed by atoms with Crippen LogP contribution in [0.2, 0.25) is 0 Å². The number of hydrogen-bond donors (Lipinski definition) is 4. The van der Waals surface area contributed by atoms with Crippen molar-refractivity contribution in [2.75, 3.05) is 6.54 Å².